The fourth-order valence-corrected chi connectivity index (χ4v) is 3.14. The second kappa shape index (κ2) is 5.92. The first-order chi connectivity index (χ1) is 9.84. The zero-order valence-electron chi connectivity index (χ0n) is 11.8. The van der Waals surface area contributed by atoms with E-state index in [9.17, 15) is 12.8 Å². The van der Waals surface area contributed by atoms with Gasteiger partial charge in [-0.3, -0.25) is 4.68 Å². The molecular formula is C13H17FN4O2S. The van der Waals surface area contributed by atoms with Crippen LogP contribution in [0.25, 0.3) is 0 Å². The Morgan fingerprint density at radius 3 is 2.62 bits per heavy atom. The summed E-state index contributed by atoms with van der Waals surface area (Å²) in [5.74, 6) is -0.795. The summed E-state index contributed by atoms with van der Waals surface area (Å²) in [6.45, 7) is 0.275. The summed E-state index contributed by atoms with van der Waals surface area (Å²) >= 11 is 0. The Hall–Kier alpha value is -1.77. The van der Waals surface area contributed by atoms with Crippen LogP contribution in [0.4, 0.5) is 4.39 Å². The predicted molar refractivity (Wildman–Crippen MR) is 76.2 cm³/mol. The van der Waals surface area contributed by atoms with Crippen molar-refractivity contribution in [1.82, 2.24) is 14.1 Å². The molecule has 0 amide bonds. The first kappa shape index (κ1) is 15.6. The minimum absolute atomic E-state index is 0.119. The molecule has 0 spiro atoms. The molecule has 1 aromatic heterocycles. The lowest BCUT2D eigenvalue weighted by Gasteiger charge is -2.17. The van der Waals surface area contributed by atoms with Gasteiger partial charge in [0.15, 0.2) is 0 Å². The highest BCUT2D eigenvalue weighted by molar-refractivity contribution is 7.89. The molecule has 0 bridgehead atoms. The molecule has 2 N–H and O–H groups in total. The molecule has 0 saturated heterocycles. The van der Waals surface area contributed by atoms with Gasteiger partial charge < -0.3 is 5.73 Å². The number of halogens is 1. The molecule has 6 nitrogen and oxygen atoms in total. The summed E-state index contributed by atoms with van der Waals surface area (Å²) in [4.78, 5) is -0.355. The number of rotatable bonds is 5. The lowest BCUT2D eigenvalue weighted by Crippen LogP contribution is -2.27. The molecule has 0 aliphatic carbocycles. The zero-order valence-corrected chi connectivity index (χ0v) is 12.6. The third kappa shape index (κ3) is 3.29. The van der Waals surface area contributed by atoms with Crippen molar-refractivity contribution in [2.24, 2.45) is 12.8 Å². The molecule has 0 fully saturated rings. The SMILES string of the molecule is CN(Cc1cnn(C)c1)S(=O)(=O)c1ccc(CN)cc1F. The smallest absolute Gasteiger partial charge is 0.246 e. The van der Waals surface area contributed by atoms with Crippen molar-refractivity contribution in [3.8, 4) is 0 Å². The van der Waals surface area contributed by atoms with E-state index in [1.54, 1.807) is 24.1 Å². The predicted octanol–water partition coefficient (Wildman–Crippen LogP) is 0.839. The van der Waals surface area contributed by atoms with Crippen LogP contribution in [0.15, 0.2) is 35.5 Å². The van der Waals surface area contributed by atoms with Gasteiger partial charge in [-0.25, -0.2) is 12.8 Å². The normalized spacial score (nSPS) is 12.0. The van der Waals surface area contributed by atoms with Crippen molar-refractivity contribution in [2.75, 3.05) is 7.05 Å². The lowest BCUT2D eigenvalue weighted by atomic mass is 10.2. The average Bonchev–Trinajstić information content (AvgIpc) is 2.83. The number of nitrogens with two attached hydrogens (primary N) is 1. The van der Waals surface area contributed by atoms with Crippen molar-refractivity contribution in [1.29, 1.82) is 0 Å². The number of hydrogen-bond acceptors (Lipinski definition) is 4. The number of hydrogen-bond donors (Lipinski definition) is 1. The maximum absolute atomic E-state index is 14.0. The van der Waals surface area contributed by atoms with Crippen molar-refractivity contribution in [3.05, 3.63) is 47.5 Å². The lowest BCUT2D eigenvalue weighted by molar-refractivity contribution is 0.459. The van der Waals surface area contributed by atoms with Crippen molar-refractivity contribution in [3.63, 3.8) is 0 Å². The van der Waals surface area contributed by atoms with Crippen LogP contribution in [0.1, 0.15) is 11.1 Å². The number of sulfonamides is 1. The van der Waals surface area contributed by atoms with Crippen LogP contribution in [-0.2, 0) is 30.2 Å². The average molecular weight is 312 g/mol. The van der Waals surface area contributed by atoms with Gasteiger partial charge in [-0.2, -0.15) is 9.40 Å². The number of aromatic nitrogens is 2. The second-order valence-electron chi connectivity index (χ2n) is 4.75. The molecule has 0 aliphatic rings. The Labute approximate surface area is 123 Å². The molecule has 0 unspecified atom stereocenters. The number of benzene rings is 1. The molecule has 0 aliphatic heterocycles. The highest BCUT2D eigenvalue weighted by Gasteiger charge is 2.25. The van der Waals surface area contributed by atoms with Crippen LogP contribution in [0, 0.1) is 5.82 Å². The van der Waals surface area contributed by atoms with Gasteiger partial charge in [0.05, 0.1) is 6.20 Å². The summed E-state index contributed by atoms with van der Waals surface area (Å²) in [6, 6.07) is 3.89. The van der Waals surface area contributed by atoms with E-state index in [2.05, 4.69) is 5.10 Å². The van der Waals surface area contributed by atoms with E-state index >= 15 is 0 Å². The van der Waals surface area contributed by atoms with E-state index in [-0.39, 0.29) is 18.0 Å². The van der Waals surface area contributed by atoms with Crippen LogP contribution < -0.4 is 5.73 Å². The molecule has 2 rings (SSSR count). The molecule has 0 saturated carbocycles. The van der Waals surface area contributed by atoms with Crippen LogP contribution >= 0.6 is 0 Å². The van der Waals surface area contributed by atoms with Crippen molar-refractivity contribution >= 4 is 10.0 Å². The molecule has 0 atom stereocenters. The fourth-order valence-electron chi connectivity index (χ4n) is 1.94. The number of aryl methyl sites for hydroxylation is 1. The minimum atomic E-state index is -3.90. The highest BCUT2D eigenvalue weighted by Crippen LogP contribution is 2.20. The summed E-state index contributed by atoms with van der Waals surface area (Å²) in [5.41, 5.74) is 6.67. The molecule has 1 heterocycles. The van der Waals surface area contributed by atoms with E-state index < -0.39 is 15.8 Å². The van der Waals surface area contributed by atoms with Gasteiger partial charge in [0.25, 0.3) is 0 Å². The van der Waals surface area contributed by atoms with E-state index in [0.717, 1.165) is 15.9 Å². The quantitative estimate of drug-likeness (QED) is 0.887. The van der Waals surface area contributed by atoms with Gasteiger partial charge >= 0.3 is 0 Å². The van der Waals surface area contributed by atoms with E-state index in [1.807, 2.05) is 0 Å². The van der Waals surface area contributed by atoms with Crippen LogP contribution in [0.5, 0.6) is 0 Å². The maximum atomic E-state index is 14.0. The molecule has 114 valence electrons. The Bertz CT molecular complexity index is 742. The third-order valence-corrected chi connectivity index (χ3v) is 4.92. The topological polar surface area (TPSA) is 81.2 Å². The number of nitrogens with zero attached hydrogens (tertiary/aromatic N) is 3. The zero-order chi connectivity index (χ0) is 15.6. The summed E-state index contributed by atoms with van der Waals surface area (Å²) in [5, 5.41) is 3.97. The van der Waals surface area contributed by atoms with Gasteiger partial charge in [0.1, 0.15) is 10.7 Å². The van der Waals surface area contributed by atoms with Gasteiger partial charge in [0.2, 0.25) is 10.0 Å². The first-order valence-electron chi connectivity index (χ1n) is 6.27. The summed E-state index contributed by atoms with van der Waals surface area (Å²) in [6.07, 6.45) is 3.28. The third-order valence-electron chi connectivity index (χ3n) is 3.08. The van der Waals surface area contributed by atoms with E-state index in [1.165, 1.54) is 19.2 Å². The maximum Gasteiger partial charge on any atom is 0.246 e. The van der Waals surface area contributed by atoms with Gasteiger partial charge in [-0.15, -0.1) is 0 Å². The van der Waals surface area contributed by atoms with Crippen LogP contribution in [0.3, 0.4) is 0 Å². The first-order valence-corrected chi connectivity index (χ1v) is 7.71. The van der Waals surface area contributed by atoms with Crippen LogP contribution in [-0.4, -0.2) is 29.6 Å². The van der Waals surface area contributed by atoms with Gasteiger partial charge in [0, 0.05) is 38.9 Å². The molecule has 8 heteroatoms. The summed E-state index contributed by atoms with van der Waals surface area (Å²) in [7, 11) is -0.762. The monoisotopic (exact) mass is 312 g/mol. The van der Waals surface area contributed by atoms with Gasteiger partial charge in [-0.05, 0) is 17.7 Å². The Kier molecular flexibility index (Phi) is 4.40. The van der Waals surface area contributed by atoms with Gasteiger partial charge in [-0.1, -0.05) is 6.07 Å². The molecule has 2 aromatic rings. The highest BCUT2D eigenvalue weighted by atomic mass is 32.2. The Balaban J connectivity index is 2.28. The molecule has 21 heavy (non-hydrogen) atoms. The molecule has 0 radical (unpaired) electrons. The summed E-state index contributed by atoms with van der Waals surface area (Å²) < 4.78 is 41.4. The van der Waals surface area contributed by atoms with Crippen molar-refractivity contribution in [2.45, 2.75) is 18.0 Å². The Morgan fingerprint density at radius 1 is 1.38 bits per heavy atom. The Morgan fingerprint density at radius 2 is 2.10 bits per heavy atom. The van der Waals surface area contributed by atoms with E-state index in [0.29, 0.717) is 5.56 Å². The molecule has 1 aromatic carbocycles. The second-order valence-corrected chi connectivity index (χ2v) is 6.77. The fraction of sp³-hybridized carbons (Fsp3) is 0.308. The molecular weight excluding hydrogens is 295 g/mol. The standard InChI is InChI=1S/C13H17FN4O2S/c1-17-8-11(7-16-17)9-18(2)21(19,20)13-4-3-10(6-15)5-12(13)14/h3-5,7-8H,6,9,15H2,1-2H3. The minimum Gasteiger partial charge on any atom is -0.326 e. The van der Waals surface area contributed by atoms with Crippen LogP contribution in [0.2, 0.25) is 0 Å². The largest absolute Gasteiger partial charge is 0.326 e. The van der Waals surface area contributed by atoms with E-state index in [4.69, 9.17) is 5.73 Å². The van der Waals surface area contributed by atoms with Crippen molar-refractivity contribution < 1.29 is 12.8 Å².